The Bertz CT molecular complexity index is 1160. The Labute approximate surface area is 184 Å². The fourth-order valence-corrected chi connectivity index (χ4v) is 6.27. The number of anilines is 1. The molecule has 1 fully saturated rings. The first-order chi connectivity index (χ1) is 14.3. The Balaban J connectivity index is 1.42. The maximum atomic E-state index is 12.8. The number of hydrogen-bond acceptors (Lipinski definition) is 5. The van der Waals surface area contributed by atoms with Crippen LogP contribution in [0.4, 0.5) is 5.13 Å². The molecule has 2 heterocycles. The van der Waals surface area contributed by atoms with Crippen molar-refractivity contribution in [3.8, 4) is 0 Å². The number of rotatable bonds is 4. The van der Waals surface area contributed by atoms with Gasteiger partial charge in [-0.3, -0.25) is 4.79 Å². The van der Waals surface area contributed by atoms with E-state index < -0.39 is 10.0 Å². The van der Waals surface area contributed by atoms with Gasteiger partial charge in [-0.25, -0.2) is 13.4 Å². The molecular weight excluding hydrogens is 442 g/mol. The van der Waals surface area contributed by atoms with Crippen LogP contribution in [-0.2, 0) is 14.8 Å². The van der Waals surface area contributed by atoms with Crippen molar-refractivity contribution in [2.24, 2.45) is 5.92 Å². The minimum absolute atomic E-state index is 0.129. The number of carbonyl (C=O) groups is 1. The van der Waals surface area contributed by atoms with Crippen molar-refractivity contribution < 1.29 is 13.2 Å². The summed E-state index contributed by atoms with van der Waals surface area (Å²) in [5.74, 6) is -0.381. The number of nitrogens with zero attached hydrogens (tertiary/aromatic N) is 2. The van der Waals surface area contributed by atoms with Crippen LogP contribution in [0.5, 0.6) is 0 Å². The zero-order chi connectivity index (χ0) is 21.5. The molecule has 2 aromatic carbocycles. The van der Waals surface area contributed by atoms with Crippen LogP contribution in [0.1, 0.15) is 24.0 Å². The van der Waals surface area contributed by atoms with Crippen LogP contribution in [0, 0.1) is 19.8 Å². The summed E-state index contributed by atoms with van der Waals surface area (Å²) in [5.41, 5.74) is 2.80. The van der Waals surface area contributed by atoms with Crippen molar-refractivity contribution >= 4 is 54.2 Å². The number of carbonyl (C=O) groups excluding carboxylic acids is 1. The highest BCUT2D eigenvalue weighted by Crippen LogP contribution is 2.34. The second-order valence-corrected chi connectivity index (χ2v) is 10.9. The predicted molar refractivity (Wildman–Crippen MR) is 121 cm³/mol. The monoisotopic (exact) mass is 463 g/mol. The molecule has 3 aromatic rings. The third kappa shape index (κ3) is 4.09. The van der Waals surface area contributed by atoms with Crippen LogP contribution in [0.25, 0.3) is 10.2 Å². The smallest absolute Gasteiger partial charge is 0.243 e. The molecule has 1 aromatic heterocycles. The van der Waals surface area contributed by atoms with Crippen molar-refractivity contribution in [1.82, 2.24) is 9.29 Å². The molecule has 0 bridgehead atoms. The maximum absolute atomic E-state index is 12.8. The summed E-state index contributed by atoms with van der Waals surface area (Å²) in [6, 6.07) is 10.6. The number of thiazole rings is 1. The summed E-state index contributed by atoms with van der Waals surface area (Å²) in [7, 11) is -3.54. The topological polar surface area (TPSA) is 79.4 Å². The van der Waals surface area contributed by atoms with Crippen LogP contribution in [-0.4, -0.2) is 36.7 Å². The molecule has 1 N–H and O–H groups in total. The number of nitrogens with one attached hydrogen (secondary N) is 1. The van der Waals surface area contributed by atoms with E-state index in [0.717, 1.165) is 21.3 Å². The Morgan fingerprint density at radius 1 is 1.13 bits per heavy atom. The average Bonchev–Trinajstić information content (AvgIpc) is 3.16. The summed E-state index contributed by atoms with van der Waals surface area (Å²) in [4.78, 5) is 17.5. The van der Waals surface area contributed by atoms with Gasteiger partial charge in [0.15, 0.2) is 5.13 Å². The number of sulfonamides is 1. The van der Waals surface area contributed by atoms with Gasteiger partial charge in [0.2, 0.25) is 15.9 Å². The third-order valence-corrected chi connectivity index (χ3v) is 8.75. The zero-order valence-electron chi connectivity index (χ0n) is 16.7. The van der Waals surface area contributed by atoms with Crippen LogP contribution in [0.2, 0.25) is 5.02 Å². The highest BCUT2D eigenvalue weighted by Gasteiger charge is 2.32. The van der Waals surface area contributed by atoms with Crippen LogP contribution in [0.15, 0.2) is 41.3 Å². The first-order valence-corrected chi connectivity index (χ1v) is 12.3. The number of hydrogen-bond donors (Lipinski definition) is 1. The van der Waals surface area contributed by atoms with E-state index in [9.17, 15) is 13.2 Å². The molecule has 1 amide bonds. The van der Waals surface area contributed by atoms with Gasteiger partial charge in [-0.15, -0.1) is 0 Å². The second-order valence-electron chi connectivity index (χ2n) is 7.54. The molecule has 0 atom stereocenters. The standard InChI is InChI=1S/C21H22ClN3O3S2/c1-13-3-6-16(7-4-13)30(27,28)25-11-9-15(10-12-25)20(26)24-21-23-18-14(2)5-8-17(22)19(18)29-21/h3-8,15H,9-12H2,1-2H3,(H,23,24,26). The molecular formula is C21H22ClN3O3S2. The summed E-state index contributed by atoms with van der Waals surface area (Å²) in [6.07, 6.45) is 0.948. The molecule has 9 heteroatoms. The van der Waals surface area contributed by atoms with E-state index >= 15 is 0 Å². The number of fused-ring (bicyclic) bond motifs is 1. The Kier molecular flexibility index (Phi) is 5.85. The summed E-state index contributed by atoms with van der Waals surface area (Å²) < 4.78 is 28.0. The first kappa shape index (κ1) is 21.2. The fourth-order valence-electron chi connectivity index (χ4n) is 3.58. The largest absolute Gasteiger partial charge is 0.302 e. The number of aromatic nitrogens is 1. The van der Waals surface area contributed by atoms with Crippen molar-refractivity contribution in [2.45, 2.75) is 31.6 Å². The van der Waals surface area contributed by atoms with Gasteiger partial charge in [0.05, 0.1) is 20.1 Å². The Hall–Kier alpha value is -2.00. The Morgan fingerprint density at radius 2 is 1.80 bits per heavy atom. The fraction of sp³-hybridized carbons (Fsp3) is 0.333. The molecule has 0 aliphatic carbocycles. The predicted octanol–water partition coefficient (Wildman–Crippen LogP) is 4.61. The van der Waals surface area contributed by atoms with Gasteiger partial charge in [-0.05, 0) is 50.5 Å². The van der Waals surface area contributed by atoms with Gasteiger partial charge in [-0.1, -0.05) is 46.7 Å². The molecule has 0 unspecified atom stereocenters. The van der Waals surface area contributed by atoms with Crippen molar-refractivity contribution in [3.63, 3.8) is 0 Å². The summed E-state index contributed by atoms with van der Waals surface area (Å²) in [5, 5.41) is 4.02. The van der Waals surface area contributed by atoms with E-state index in [1.54, 1.807) is 24.3 Å². The average molecular weight is 464 g/mol. The molecule has 1 saturated heterocycles. The highest BCUT2D eigenvalue weighted by atomic mass is 35.5. The highest BCUT2D eigenvalue weighted by molar-refractivity contribution is 7.89. The van der Waals surface area contributed by atoms with Crippen molar-refractivity contribution in [1.29, 1.82) is 0 Å². The molecule has 1 aliphatic heterocycles. The first-order valence-electron chi connectivity index (χ1n) is 9.69. The Morgan fingerprint density at radius 3 is 2.43 bits per heavy atom. The van der Waals surface area contributed by atoms with Gasteiger partial charge in [-0.2, -0.15) is 4.31 Å². The van der Waals surface area contributed by atoms with E-state index in [0.29, 0.717) is 36.1 Å². The van der Waals surface area contributed by atoms with Crippen LogP contribution in [0.3, 0.4) is 0 Å². The lowest BCUT2D eigenvalue weighted by Crippen LogP contribution is -2.41. The van der Waals surface area contributed by atoms with E-state index in [1.165, 1.54) is 15.6 Å². The quantitative estimate of drug-likeness (QED) is 0.612. The lowest BCUT2D eigenvalue weighted by molar-refractivity contribution is -0.120. The SMILES string of the molecule is Cc1ccc(S(=O)(=O)N2CCC(C(=O)Nc3nc4c(C)ccc(Cl)c4s3)CC2)cc1. The molecule has 158 valence electrons. The molecule has 0 saturated carbocycles. The lowest BCUT2D eigenvalue weighted by atomic mass is 9.97. The van der Waals surface area contributed by atoms with E-state index in [1.807, 2.05) is 26.0 Å². The minimum Gasteiger partial charge on any atom is -0.302 e. The van der Waals surface area contributed by atoms with Crippen LogP contribution < -0.4 is 5.32 Å². The normalized spacial score (nSPS) is 16.1. The molecule has 6 nitrogen and oxygen atoms in total. The zero-order valence-corrected chi connectivity index (χ0v) is 19.1. The van der Waals surface area contributed by atoms with Crippen LogP contribution >= 0.6 is 22.9 Å². The summed E-state index contributed by atoms with van der Waals surface area (Å²) >= 11 is 7.59. The number of amides is 1. The molecule has 4 rings (SSSR count). The number of halogens is 1. The number of piperidine rings is 1. The van der Waals surface area contributed by atoms with Gasteiger partial charge in [0.1, 0.15) is 0 Å². The number of aryl methyl sites for hydroxylation is 2. The summed E-state index contributed by atoms with van der Waals surface area (Å²) in [6.45, 7) is 4.51. The molecule has 0 spiro atoms. The third-order valence-electron chi connectivity index (χ3n) is 5.41. The molecule has 0 radical (unpaired) electrons. The molecule has 1 aliphatic rings. The van der Waals surface area contributed by atoms with E-state index in [2.05, 4.69) is 10.3 Å². The van der Waals surface area contributed by atoms with Crippen molar-refractivity contribution in [2.75, 3.05) is 18.4 Å². The number of benzene rings is 2. The lowest BCUT2D eigenvalue weighted by Gasteiger charge is -2.30. The van der Waals surface area contributed by atoms with Gasteiger partial charge in [0.25, 0.3) is 0 Å². The minimum atomic E-state index is -3.54. The van der Waals surface area contributed by atoms with Gasteiger partial charge >= 0.3 is 0 Å². The van der Waals surface area contributed by atoms with Crippen molar-refractivity contribution in [3.05, 3.63) is 52.5 Å². The second kappa shape index (κ2) is 8.26. The van der Waals surface area contributed by atoms with E-state index in [-0.39, 0.29) is 16.7 Å². The van der Waals surface area contributed by atoms with E-state index in [4.69, 9.17) is 11.6 Å². The molecule has 30 heavy (non-hydrogen) atoms. The van der Waals surface area contributed by atoms with Gasteiger partial charge in [0, 0.05) is 19.0 Å². The van der Waals surface area contributed by atoms with Gasteiger partial charge < -0.3 is 5.32 Å². The maximum Gasteiger partial charge on any atom is 0.243 e.